The van der Waals surface area contributed by atoms with E-state index >= 15 is 0 Å². The van der Waals surface area contributed by atoms with E-state index in [0.29, 0.717) is 5.92 Å². The number of hydrogen-bond donors (Lipinski definition) is 1. The quantitative estimate of drug-likeness (QED) is 0.726. The minimum absolute atomic E-state index is 0.0225. The van der Waals surface area contributed by atoms with Crippen LogP contribution in [0.4, 0.5) is 0 Å². The highest BCUT2D eigenvalue weighted by Crippen LogP contribution is 2.67. The molecule has 0 aliphatic heterocycles. The third-order valence-corrected chi connectivity index (χ3v) is 5.37. The second kappa shape index (κ2) is 2.58. The van der Waals surface area contributed by atoms with Gasteiger partial charge in [-0.05, 0) is 36.7 Å². The number of aromatic nitrogens is 2. The molecular weight excluding hydrogens is 200 g/mol. The molecule has 1 heterocycles. The number of hydrogen-bond acceptors (Lipinski definition) is 2. The summed E-state index contributed by atoms with van der Waals surface area (Å²) in [6.07, 6.45) is 2.39. The fourth-order valence-corrected chi connectivity index (χ4v) is 3.83. The van der Waals surface area contributed by atoms with Gasteiger partial charge in [0.05, 0.1) is 5.69 Å². The summed E-state index contributed by atoms with van der Waals surface area (Å²) in [6, 6.07) is 0. The van der Waals surface area contributed by atoms with Crippen molar-refractivity contribution in [3.8, 4) is 0 Å². The van der Waals surface area contributed by atoms with Crippen LogP contribution in [-0.4, -0.2) is 10.2 Å². The summed E-state index contributed by atoms with van der Waals surface area (Å²) < 4.78 is 0. The van der Waals surface area contributed by atoms with Crippen LogP contribution in [0.15, 0.2) is 4.79 Å². The van der Waals surface area contributed by atoms with Crippen LogP contribution in [0, 0.1) is 12.3 Å². The Balaban J connectivity index is 2.38. The van der Waals surface area contributed by atoms with Gasteiger partial charge in [-0.15, -0.1) is 0 Å². The van der Waals surface area contributed by atoms with E-state index in [0.717, 1.165) is 11.3 Å². The number of nitrogens with one attached hydrogen (secondary N) is 1. The smallest absolute Gasteiger partial charge is 0.267 e. The number of rotatable bonds is 0. The summed E-state index contributed by atoms with van der Waals surface area (Å²) >= 11 is 0. The molecule has 1 N–H and O–H groups in total. The normalized spacial score (nSPS) is 34.1. The van der Waals surface area contributed by atoms with Gasteiger partial charge in [0.2, 0.25) is 0 Å². The molecule has 0 spiro atoms. The molecule has 1 aromatic rings. The third kappa shape index (κ3) is 0.827. The summed E-state index contributed by atoms with van der Waals surface area (Å²) in [6.45, 7) is 8.86. The maximum Gasteiger partial charge on any atom is 0.267 e. The SMILES string of the molecule is Cc1c2c(n[nH]c1=O)[C@]1(C)CC[C@H]2C1(C)C. The van der Waals surface area contributed by atoms with Crippen molar-refractivity contribution in [2.24, 2.45) is 5.41 Å². The Kier molecular flexibility index (Phi) is 1.62. The Morgan fingerprint density at radius 2 is 2.06 bits per heavy atom. The van der Waals surface area contributed by atoms with E-state index in [1.165, 1.54) is 18.4 Å². The molecule has 2 bridgehead atoms. The van der Waals surface area contributed by atoms with Crippen molar-refractivity contribution in [2.45, 2.75) is 51.9 Å². The molecule has 0 aromatic carbocycles. The van der Waals surface area contributed by atoms with Crippen LogP contribution in [0.2, 0.25) is 0 Å². The van der Waals surface area contributed by atoms with Gasteiger partial charge in [-0.25, -0.2) is 5.10 Å². The van der Waals surface area contributed by atoms with Gasteiger partial charge >= 0.3 is 0 Å². The average Bonchev–Trinajstić information content (AvgIpc) is 2.54. The fraction of sp³-hybridized carbons (Fsp3) is 0.692. The molecule has 86 valence electrons. The largest absolute Gasteiger partial charge is 0.268 e. The first kappa shape index (κ1) is 10.1. The number of fused-ring (bicyclic) bond motifs is 5. The molecule has 2 atom stereocenters. The van der Waals surface area contributed by atoms with E-state index in [-0.39, 0.29) is 16.4 Å². The first-order valence-electron chi connectivity index (χ1n) is 5.99. The monoisotopic (exact) mass is 218 g/mol. The topological polar surface area (TPSA) is 45.8 Å². The zero-order valence-electron chi connectivity index (χ0n) is 10.3. The van der Waals surface area contributed by atoms with Gasteiger partial charge in [-0.1, -0.05) is 20.8 Å². The Bertz CT molecular complexity index is 529. The van der Waals surface area contributed by atoms with Gasteiger partial charge < -0.3 is 0 Å². The molecule has 0 unspecified atom stereocenters. The summed E-state index contributed by atoms with van der Waals surface area (Å²) in [5.41, 5.74) is 3.61. The molecule has 16 heavy (non-hydrogen) atoms. The highest BCUT2D eigenvalue weighted by molar-refractivity contribution is 5.47. The van der Waals surface area contributed by atoms with Crippen molar-refractivity contribution in [1.29, 1.82) is 0 Å². The lowest BCUT2D eigenvalue weighted by molar-refractivity contribution is 0.226. The second-order valence-corrected chi connectivity index (χ2v) is 6.09. The molecule has 0 radical (unpaired) electrons. The molecule has 2 aliphatic carbocycles. The van der Waals surface area contributed by atoms with Crippen molar-refractivity contribution in [2.75, 3.05) is 0 Å². The lowest BCUT2D eigenvalue weighted by Gasteiger charge is -2.34. The number of nitrogens with zero attached hydrogens (tertiary/aromatic N) is 1. The second-order valence-electron chi connectivity index (χ2n) is 6.09. The van der Waals surface area contributed by atoms with E-state index in [1.54, 1.807) is 0 Å². The fourth-order valence-electron chi connectivity index (χ4n) is 3.83. The van der Waals surface area contributed by atoms with Crippen molar-refractivity contribution < 1.29 is 0 Å². The van der Waals surface area contributed by atoms with E-state index in [9.17, 15) is 4.79 Å². The van der Waals surface area contributed by atoms with Crippen molar-refractivity contribution in [3.63, 3.8) is 0 Å². The van der Waals surface area contributed by atoms with Crippen molar-refractivity contribution >= 4 is 0 Å². The number of H-pyrrole nitrogens is 1. The van der Waals surface area contributed by atoms with E-state index < -0.39 is 0 Å². The summed E-state index contributed by atoms with van der Waals surface area (Å²) in [7, 11) is 0. The van der Waals surface area contributed by atoms with Crippen molar-refractivity contribution in [3.05, 3.63) is 27.2 Å². The lowest BCUT2D eigenvalue weighted by atomic mass is 9.70. The maximum absolute atomic E-state index is 11.7. The Labute approximate surface area is 95.3 Å². The van der Waals surface area contributed by atoms with Crippen LogP contribution < -0.4 is 5.56 Å². The highest BCUT2D eigenvalue weighted by atomic mass is 16.1. The minimum Gasteiger partial charge on any atom is -0.268 e. The van der Waals surface area contributed by atoms with Crippen LogP contribution in [0.1, 0.15) is 56.4 Å². The molecule has 2 aliphatic rings. The minimum atomic E-state index is -0.0225. The maximum atomic E-state index is 11.7. The first-order chi connectivity index (χ1) is 7.39. The highest BCUT2D eigenvalue weighted by Gasteiger charge is 2.61. The molecular formula is C13H18N2O. The van der Waals surface area contributed by atoms with Crippen molar-refractivity contribution in [1.82, 2.24) is 10.2 Å². The van der Waals surface area contributed by atoms with Gasteiger partial charge in [0, 0.05) is 11.0 Å². The summed E-state index contributed by atoms with van der Waals surface area (Å²) in [5.74, 6) is 0.516. The zero-order chi connectivity index (χ0) is 11.7. The molecule has 0 saturated heterocycles. The average molecular weight is 218 g/mol. The number of aromatic amines is 1. The van der Waals surface area contributed by atoms with Gasteiger partial charge in [-0.2, -0.15) is 5.10 Å². The molecule has 0 amide bonds. The van der Waals surface area contributed by atoms with Crippen LogP contribution in [0.25, 0.3) is 0 Å². The molecule has 3 rings (SSSR count). The third-order valence-electron chi connectivity index (χ3n) is 5.37. The molecule has 1 saturated carbocycles. The van der Waals surface area contributed by atoms with Crippen LogP contribution in [0.5, 0.6) is 0 Å². The van der Waals surface area contributed by atoms with E-state index in [4.69, 9.17) is 0 Å². The predicted molar refractivity (Wildman–Crippen MR) is 62.7 cm³/mol. The molecule has 3 heteroatoms. The van der Waals surface area contributed by atoms with E-state index in [1.807, 2.05) is 6.92 Å². The first-order valence-corrected chi connectivity index (χ1v) is 5.99. The molecule has 3 nitrogen and oxygen atoms in total. The van der Waals surface area contributed by atoms with Gasteiger partial charge in [0.25, 0.3) is 5.56 Å². The van der Waals surface area contributed by atoms with Crippen LogP contribution in [-0.2, 0) is 5.41 Å². The Morgan fingerprint density at radius 3 is 2.75 bits per heavy atom. The van der Waals surface area contributed by atoms with Gasteiger partial charge in [0.1, 0.15) is 0 Å². The van der Waals surface area contributed by atoms with E-state index in [2.05, 4.69) is 31.0 Å². The summed E-state index contributed by atoms with van der Waals surface area (Å²) in [4.78, 5) is 11.7. The Hall–Kier alpha value is -1.12. The predicted octanol–water partition coefficient (Wildman–Crippen LogP) is 2.25. The van der Waals surface area contributed by atoms with Gasteiger partial charge in [-0.3, -0.25) is 4.79 Å². The standard InChI is InChI=1S/C13H18N2O/c1-7-9-8-5-6-13(4,12(8,2)3)10(9)14-15-11(7)16/h8H,5-6H2,1-4H3,(H,15,16)/t8-,13+/m1/s1. The summed E-state index contributed by atoms with van der Waals surface area (Å²) in [5, 5.41) is 6.97. The van der Waals surface area contributed by atoms with Crippen LogP contribution >= 0.6 is 0 Å². The van der Waals surface area contributed by atoms with Crippen LogP contribution in [0.3, 0.4) is 0 Å². The Morgan fingerprint density at radius 1 is 1.38 bits per heavy atom. The molecule has 1 fully saturated rings. The van der Waals surface area contributed by atoms with Gasteiger partial charge in [0.15, 0.2) is 0 Å². The zero-order valence-corrected chi connectivity index (χ0v) is 10.3. The molecule has 1 aromatic heterocycles. The lowest BCUT2D eigenvalue weighted by Crippen LogP contribution is -2.32.